The fourth-order valence-electron chi connectivity index (χ4n) is 4.09. The van der Waals surface area contributed by atoms with Gasteiger partial charge in [-0.05, 0) is 59.2 Å². The van der Waals surface area contributed by atoms with Crippen LogP contribution >= 0.6 is 0 Å². The topological polar surface area (TPSA) is 86.7 Å². The van der Waals surface area contributed by atoms with Crippen LogP contribution < -0.4 is 9.62 Å². The maximum Gasteiger partial charge on any atom is 0.255 e. The van der Waals surface area contributed by atoms with Crippen LogP contribution in [0.2, 0.25) is 0 Å². The molecule has 0 bridgehead atoms. The molecule has 0 saturated carbocycles. The Kier molecular flexibility index (Phi) is 8.64. The number of nitrogens with zero attached hydrogens (tertiary/aromatic N) is 1. The predicted octanol–water partition coefficient (Wildman–Crippen LogP) is 5.37. The van der Waals surface area contributed by atoms with Crippen LogP contribution in [-0.4, -0.2) is 39.3 Å². The summed E-state index contributed by atoms with van der Waals surface area (Å²) in [4.78, 5) is 12.7. The Labute approximate surface area is 219 Å². The van der Waals surface area contributed by atoms with Crippen LogP contribution in [0.4, 0.5) is 10.1 Å². The first-order valence-electron chi connectivity index (χ1n) is 12.2. The molecular formula is C29H35FN2O4S. The lowest BCUT2D eigenvalue weighted by atomic mass is 9.86. The van der Waals surface area contributed by atoms with Crippen molar-refractivity contribution in [1.82, 2.24) is 5.32 Å². The zero-order chi connectivity index (χ0) is 27.4. The van der Waals surface area contributed by atoms with Crippen molar-refractivity contribution in [2.75, 3.05) is 24.2 Å². The molecule has 0 aliphatic heterocycles. The number of aryl methyl sites for hydroxylation is 1. The number of hydrogen-bond acceptors (Lipinski definition) is 4. The largest absolute Gasteiger partial charge is 0.507 e. The van der Waals surface area contributed by atoms with Crippen LogP contribution in [0.15, 0.2) is 66.7 Å². The monoisotopic (exact) mass is 526 g/mol. The second-order valence-electron chi connectivity index (χ2n) is 10.4. The van der Waals surface area contributed by atoms with Gasteiger partial charge in [0.2, 0.25) is 10.0 Å². The van der Waals surface area contributed by atoms with Crippen LogP contribution in [0.3, 0.4) is 0 Å². The molecule has 0 aromatic heterocycles. The van der Waals surface area contributed by atoms with Gasteiger partial charge in [0.1, 0.15) is 11.6 Å². The highest BCUT2D eigenvalue weighted by Gasteiger charge is 2.21. The fraction of sp³-hybridized carbons (Fsp3) is 0.345. The number of phenols is 1. The van der Waals surface area contributed by atoms with E-state index in [0.29, 0.717) is 18.4 Å². The third-order valence-electron chi connectivity index (χ3n) is 6.54. The van der Waals surface area contributed by atoms with E-state index in [4.69, 9.17) is 0 Å². The number of halogens is 1. The minimum absolute atomic E-state index is 0.0407. The first kappa shape index (κ1) is 28.2. The number of hydrogen-bond donors (Lipinski definition) is 2. The van der Waals surface area contributed by atoms with E-state index in [1.165, 1.54) is 36.9 Å². The molecule has 3 aromatic rings. The summed E-state index contributed by atoms with van der Waals surface area (Å²) in [7, 11) is -2.31. The summed E-state index contributed by atoms with van der Waals surface area (Å²) in [6.45, 7) is 6.69. The number of phenolic OH excluding ortho intramolecular Hbond substituents is 1. The molecule has 37 heavy (non-hydrogen) atoms. The van der Waals surface area contributed by atoms with Gasteiger partial charge in [-0.1, -0.05) is 63.2 Å². The van der Waals surface area contributed by atoms with Crippen LogP contribution in [0, 0.1) is 5.82 Å². The molecule has 1 unspecified atom stereocenters. The first-order chi connectivity index (χ1) is 17.3. The minimum Gasteiger partial charge on any atom is -0.507 e. The van der Waals surface area contributed by atoms with Crippen molar-refractivity contribution in [1.29, 1.82) is 0 Å². The number of aromatic hydroxyl groups is 1. The van der Waals surface area contributed by atoms with Crippen molar-refractivity contribution < 1.29 is 22.7 Å². The molecule has 0 aliphatic carbocycles. The van der Waals surface area contributed by atoms with Gasteiger partial charge < -0.3 is 10.4 Å². The molecule has 0 spiro atoms. The molecule has 0 aliphatic rings. The van der Waals surface area contributed by atoms with Gasteiger partial charge in [-0.15, -0.1) is 0 Å². The van der Waals surface area contributed by atoms with Crippen LogP contribution in [-0.2, 0) is 21.9 Å². The lowest BCUT2D eigenvalue weighted by Crippen LogP contribution is -2.29. The van der Waals surface area contributed by atoms with Gasteiger partial charge in [0.15, 0.2) is 0 Å². The summed E-state index contributed by atoms with van der Waals surface area (Å²) in [6.07, 6.45) is 2.34. The van der Waals surface area contributed by atoms with E-state index in [9.17, 15) is 18.3 Å². The second kappa shape index (κ2) is 11.3. The second-order valence-corrected chi connectivity index (χ2v) is 12.4. The van der Waals surface area contributed by atoms with E-state index in [0.717, 1.165) is 16.1 Å². The SMILES string of the molecule is CN(c1ccc(C(CCc2ccc(C(C)(C)C)cc2)CNC(=O)c2ccccc2O)cc1F)S(C)(=O)=O. The molecule has 2 N–H and O–H groups in total. The van der Waals surface area contributed by atoms with Gasteiger partial charge in [0, 0.05) is 19.5 Å². The number of carbonyl (C=O) groups excluding carboxylic acids is 1. The molecule has 0 radical (unpaired) electrons. The van der Waals surface area contributed by atoms with E-state index in [2.05, 4.69) is 50.4 Å². The third-order valence-corrected chi connectivity index (χ3v) is 7.73. The first-order valence-corrected chi connectivity index (χ1v) is 14.0. The number of rotatable bonds is 9. The Morgan fingerprint density at radius 1 is 1.05 bits per heavy atom. The third kappa shape index (κ3) is 7.32. The molecule has 0 saturated heterocycles. The molecule has 0 heterocycles. The van der Waals surface area contributed by atoms with Crippen molar-refractivity contribution in [3.05, 3.63) is 94.8 Å². The van der Waals surface area contributed by atoms with E-state index in [1.807, 2.05) is 0 Å². The molecular weight excluding hydrogens is 491 g/mol. The summed E-state index contributed by atoms with van der Waals surface area (Å²) in [6, 6.07) is 19.1. The van der Waals surface area contributed by atoms with Crippen LogP contribution in [0.25, 0.3) is 0 Å². The molecule has 1 atom stereocenters. The smallest absolute Gasteiger partial charge is 0.255 e. The van der Waals surface area contributed by atoms with E-state index in [-0.39, 0.29) is 34.9 Å². The number of amides is 1. The maximum absolute atomic E-state index is 15.0. The summed E-state index contributed by atoms with van der Waals surface area (Å²) >= 11 is 0. The zero-order valence-corrected chi connectivity index (χ0v) is 22.8. The number of sulfonamides is 1. The Balaban J connectivity index is 1.83. The molecule has 1 amide bonds. The minimum atomic E-state index is -3.62. The Morgan fingerprint density at radius 3 is 2.27 bits per heavy atom. The number of nitrogens with one attached hydrogen (secondary N) is 1. The Bertz CT molecular complexity index is 1350. The van der Waals surface area contributed by atoms with Crippen molar-refractivity contribution in [3.63, 3.8) is 0 Å². The van der Waals surface area contributed by atoms with Gasteiger partial charge in [-0.25, -0.2) is 12.8 Å². The van der Waals surface area contributed by atoms with E-state index >= 15 is 4.39 Å². The quantitative estimate of drug-likeness (QED) is 0.392. The molecule has 6 nitrogen and oxygen atoms in total. The Hall–Kier alpha value is -3.39. The average Bonchev–Trinajstić information content (AvgIpc) is 2.83. The molecule has 0 fully saturated rings. The van der Waals surface area contributed by atoms with Gasteiger partial charge in [0.25, 0.3) is 5.91 Å². The highest BCUT2D eigenvalue weighted by Crippen LogP contribution is 2.29. The number of para-hydroxylation sites is 1. The standard InChI is InChI=1S/C29H35FN2O4S/c1-29(2,3)23-15-11-20(12-16-23)10-13-22(19-31-28(34)24-8-6-7-9-27(24)33)21-14-17-26(25(30)18-21)32(4)37(5,35)36/h6-9,11-12,14-18,22,33H,10,13,19H2,1-5H3,(H,31,34). The average molecular weight is 527 g/mol. The van der Waals surface area contributed by atoms with Crippen LogP contribution in [0.5, 0.6) is 5.75 Å². The number of anilines is 1. The predicted molar refractivity (Wildman–Crippen MR) is 146 cm³/mol. The van der Waals surface area contributed by atoms with Crippen molar-refractivity contribution >= 4 is 21.6 Å². The Morgan fingerprint density at radius 2 is 1.70 bits per heavy atom. The molecule has 198 valence electrons. The van der Waals surface area contributed by atoms with E-state index < -0.39 is 21.7 Å². The zero-order valence-electron chi connectivity index (χ0n) is 22.0. The molecule has 3 rings (SSSR count). The fourth-order valence-corrected chi connectivity index (χ4v) is 4.59. The van der Waals surface area contributed by atoms with Gasteiger partial charge >= 0.3 is 0 Å². The van der Waals surface area contributed by atoms with Gasteiger partial charge in [-0.2, -0.15) is 0 Å². The summed E-state index contributed by atoms with van der Waals surface area (Å²) < 4.78 is 39.7. The lowest BCUT2D eigenvalue weighted by molar-refractivity contribution is 0.0948. The summed E-state index contributed by atoms with van der Waals surface area (Å²) in [5.41, 5.74) is 3.17. The number of benzene rings is 3. The highest BCUT2D eigenvalue weighted by molar-refractivity contribution is 7.92. The molecule has 3 aromatic carbocycles. The maximum atomic E-state index is 15.0. The summed E-state index contributed by atoms with van der Waals surface area (Å²) in [5.74, 6) is -1.44. The summed E-state index contributed by atoms with van der Waals surface area (Å²) in [5, 5.41) is 12.9. The normalized spacial score (nSPS) is 12.7. The van der Waals surface area contributed by atoms with Crippen LogP contribution in [0.1, 0.15) is 60.2 Å². The number of carbonyl (C=O) groups is 1. The van der Waals surface area contributed by atoms with Gasteiger partial charge in [0.05, 0.1) is 17.5 Å². The van der Waals surface area contributed by atoms with Crippen molar-refractivity contribution in [3.8, 4) is 5.75 Å². The lowest BCUT2D eigenvalue weighted by Gasteiger charge is -2.22. The molecule has 8 heteroatoms. The highest BCUT2D eigenvalue weighted by atomic mass is 32.2. The van der Waals surface area contributed by atoms with Crippen molar-refractivity contribution in [2.45, 2.75) is 44.9 Å². The van der Waals surface area contributed by atoms with Gasteiger partial charge in [-0.3, -0.25) is 9.10 Å². The van der Waals surface area contributed by atoms with Crippen molar-refractivity contribution in [2.24, 2.45) is 0 Å². The van der Waals surface area contributed by atoms with E-state index in [1.54, 1.807) is 18.2 Å².